The largest absolute Gasteiger partial charge is 0.372 e. The van der Waals surface area contributed by atoms with Crippen LogP contribution in [0.15, 0.2) is 53.0 Å². The van der Waals surface area contributed by atoms with Gasteiger partial charge in [-0.25, -0.2) is 0 Å². The number of aliphatic hydroxyl groups is 1. The topological polar surface area (TPSA) is 40.5 Å². The molecule has 0 bridgehead atoms. The molecule has 108 valence electrons. The first kappa shape index (κ1) is 14.3. The first-order chi connectivity index (χ1) is 9.96. The Morgan fingerprint density at radius 1 is 1.14 bits per heavy atom. The molecule has 0 saturated heterocycles. The highest BCUT2D eigenvalue weighted by molar-refractivity contribution is 9.10. The van der Waals surface area contributed by atoms with E-state index >= 15 is 0 Å². The Morgan fingerprint density at radius 2 is 1.81 bits per heavy atom. The van der Waals surface area contributed by atoms with Crippen molar-refractivity contribution >= 4 is 27.5 Å². The summed E-state index contributed by atoms with van der Waals surface area (Å²) in [6.45, 7) is 3.89. The molecule has 1 aliphatic heterocycles. The maximum atomic E-state index is 12.9. The van der Waals surface area contributed by atoms with Crippen molar-refractivity contribution in [1.82, 2.24) is 0 Å². The third kappa shape index (κ3) is 2.01. The number of carbonyl (C=O) groups is 1. The first-order valence-corrected chi connectivity index (χ1v) is 7.67. The Labute approximate surface area is 132 Å². The summed E-state index contributed by atoms with van der Waals surface area (Å²) in [6.07, 6.45) is 0. The molecule has 4 heteroatoms. The van der Waals surface area contributed by atoms with E-state index in [-0.39, 0.29) is 11.9 Å². The van der Waals surface area contributed by atoms with E-state index in [1.54, 1.807) is 17.0 Å². The maximum Gasteiger partial charge on any atom is 0.268 e. The van der Waals surface area contributed by atoms with Crippen LogP contribution in [0.3, 0.4) is 0 Å². The number of halogens is 1. The van der Waals surface area contributed by atoms with Gasteiger partial charge in [-0.2, -0.15) is 0 Å². The van der Waals surface area contributed by atoms with Gasteiger partial charge in [-0.3, -0.25) is 4.79 Å². The number of hydrogen-bond donors (Lipinski definition) is 1. The van der Waals surface area contributed by atoms with Gasteiger partial charge < -0.3 is 10.0 Å². The Bertz CT molecular complexity index is 699. The molecule has 0 aliphatic carbocycles. The molecule has 0 aromatic heterocycles. The lowest BCUT2D eigenvalue weighted by atomic mass is 9.87. The van der Waals surface area contributed by atoms with Crippen molar-refractivity contribution in [3.63, 3.8) is 0 Å². The van der Waals surface area contributed by atoms with Gasteiger partial charge in [0.2, 0.25) is 0 Å². The van der Waals surface area contributed by atoms with E-state index in [0.29, 0.717) is 11.1 Å². The van der Waals surface area contributed by atoms with E-state index in [2.05, 4.69) is 15.9 Å². The van der Waals surface area contributed by atoms with Gasteiger partial charge in [0.1, 0.15) is 0 Å². The summed E-state index contributed by atoms with van der Waals surface area (Å²) in [5, 5.41) is 11.2. The molecular formula is C17H16BrNO2. The van der Waals surface area contributed by atoms with Crippen LogP contribution >= 0.6 is 15.9 Å². The predicted molar refractivity (Wildman–Crippen MR) is 86.2 cm³/mol. The standard InChI is InChI=1S/C17H16BrNO2/c1-11(2)19-15-9-8-13(18)10-14(15)17(21,16(19)20)12-6-4-3-5-7-12/h3-11,21H,1-2H3. The maximum absolute atomic E-state index is 12.9. The van der Waals surface area contributed by atoms with Crippen LogP contribution in [0.5, 0.6) is 0 Å². The van der Waals surface area contributed by atoms with Gasteiger partial charge in [-0.05, 0) is 37.6 Å². The van der Waals surface area contributed by atoms with Gasteiger partial charge in [0.05, 0.1) is 5.69 Å². The van der Waals surface area contributed by atoms with E-state index in [1.165, 1.54) is 0 Å². The third-order valence-electron chi connectivity index (χ3n) is 3.84. The van der Waals surface area contributed by atoms with Crippen LogP contribution in [0.4, 0.5) is 5.69 Å². The van der Waals surface area contributed by atoms with E-state index in [9.17, 15) is 9.90 Å². The van der Waals surface area contributed by atoms with Crippen molar-refractivity contribution in [1.29, 1.82) is 0 Å². The van der Waals surface area contributed by atoms with Crippen molar-refractivity contribution in [3.8, 4) is 0 Å². The van der Waals surface area contributed by atoms with Crippen LogP contribution in [0.25, 0.3) is 0 Å². The lowest BCUT2D eigenvalue weighted by Gasteiger charge is -2.25. The Morgan fingerprint density at radius 3 is 2.43 bits per heavy atom. The molecule has 2 aromatic rings. The summed E-state index contributed by atoms with van der Waals surface area (Å²) in [5.41, 5.74) is 0.369. The SMILES string of the molecule is CC(C)N1C(=O)C(O)(c2ccccc2)c2cc(Br)ccc21. The molecule has 0 fully saturated rings. The lowest BCUT2D eigenvalue weighted by Crippen LogP contribution is -2.44. The van der Waals surface area contributed by atoms with Crippen LogP contribution in [0.1, 0.15) is 25.0 Å². The van der Waals surface area contributed by atoms with Gasteiger partial charge in [-0.1, -0.05) is 46.3 Å². The van der Waals surface area contributed by atoms with Gasteiger partial charge in [0.15, 0.2) is 5.60 Å². The molecule has 1 unspecified atom stereocenters. The number of hydrogen-bond acceptors (Lipinski definition) is 2. The third-order valence-corrected chi connectivity index (χ3v) is 4.34. The molecule has 1 aliphatic rings. The van der Waals surface area contributed by atoms with Crippen LogP contribution in [0.2, 0.25) is 0 Å². The molecule has 2 aromatic carbocycles. The van der Waals surface area contributed by atoms with E-state index in [0.717, 1.165) is 10.2 Å². The molecule has 0 spiro atoms. The van der Waals surface area contributed by atoms with Crippen LogP contribution in [-0.2, 0) is 10.4 Å². The van der Waals surface area contributed by atoms with E-state index in [4.69, 9.17) is 0 Å². The fourth-order valence-electron chi connectivity index (χ4n) is 2.88. The van der Waals surface area contributed by atoms with Crippen molar-refractivity contribution in [2.75, 3.05) is 4.90 Å². The van der Waals surface area contributed by atoms with Crippen LogP contribution in [-0.4, -0.2) is 17.1 Å². The molecule has 1 amide bonds. The molecule has 0 radical (unpaired) electrons. The number of amides is 1. The Kier molecular flexibility index (Phi) is 3.38. The van der Waals surface area contributed by atoms with Crippen molar-refractivity contribution in [2.24, 2.45) is 0 Å². The second kappa shape index (κ2) is 4.97. The normalized spacial score (nSPS) is 21.0. The zero-order valence-electron chi connectivity index (χ0n) is 11.9. The number of nitrogens with zero attached hydrogens (tertiary/aromatic N) is 1. The first-order valence-electron chi connectivity index (χ1n) is 6.88. The summed E-state index contributed by atoms with van der Waals surface area (Å²) in [4.78, 5) is 14.6. The average Bonchev–Trinajstić information content (AvgIpc) is 2.70. The van der Waals surface area contributed by atoms with Gasteiger partial charge >= 0.3 is 0 Å². The lowest BCUT2D eigenvalue weighted by molar-refractivity contribution is -0.132. The van der Waals surface area contributed by atoms with E-state index in [1.807, 2.05) is 50.2 Å². The molecule has 1 N–H and O–H groups in total. The second-order valence-electron chi connectivity index (χ2n) is 5.51. The fourth-order valence-corrected chi connectivity index (χ4v) is 3.24. The molecule has 1 heterocycles. The quantitative estimate of drug-likeness (QED) is 0.905. The monoisotopic (exact) mass is 345 g/mol. The van der Waals surface area contributed by atoms with Crippen molar-refractivity contribution in [2.45, 2.75) is 25.5 Å². The van der Waals surface area contributed by atoms with Gasteiger partial charge in [0, 0.05) is 16.1 Å². The highest BCUT2D eigenvalue weighted by Gasteiger charge is 2.51. The molecule has 1 atom stereocenters. The zero-order chi connectivity index (χ0) is 15.2. The number of rotatable bonds is 2. The summed E-state index contributed by atoms with van der Waals surface area (Å²) < 4.78 is 0.842. The average molecular weight is 346 g/mol. The summed E-state index contributed by atoms with van der Waals surface area (Å²) in [7, 11) is 0. The van der Waals surface area contributed by atoms with Crippen molar-refractivity contribution in [3.05, 3.63) is 64.1 Å². The van der Waals surface area contributed by atoms with Crippen LogP contribution < -0.4 is 4.90 Å². The number of carbonyl (C=O) groups excluding carboxylic acids is 1. The number of fused-ring (bicyclic) bond motifs is 1. The molecular weight excluding hydrogens is 330 g/mol. The smallest absolute Gasteiger partial charge is 0.268 e. The molecule has 21 heavy (non-hydrogen) atoms. The molecule has 0 saturated carbocycles. The highest BCUT2D eigenvalue weighted by atomic mass is 79.9. The fraction of sp³-hybridized carbons (Fsp3) is 0.235. The Hall–Kier alpha value is -1.65. The molecule has 3 rings (SSSR count). The van der Waals surface area contributed by atoms with E-state index < -0.39 is 5.60 Å². The summed E-state index contributed by atoms with van der Waals surface area (Å²) in [5.74, 6) is -0.295. The number of benzene rings is 2. The zero-order valence-corrected chi connectivity index (χ0v) is 13.5. The van der Waals surface area contributed by atoms with Crippen molar-refractivity contribution < 1.29 is 9.90 Å². The minimum atomic E-state index is -1.62. The van der Waals surface area contributed by atoms with Gasteiger partial charge in [-0.15, -0.1) is 0 Å². The highest BCUT2D eigenvalue weighted by Crippen LogP contribution is 2.46. The summed E-state index contributed by atoms with van der Waals surface area (Å²) in [6, 6.07) is 14.7. The minimum Gasteiger partial charge on any atom is -0.372 e. The van der Waals surface area contributed by atoms with Crippen LogP contribution in [0, 0.1) is 0 Å². The predicted octanol–water partition coefficient (Wildman–Crippen LogP) is 3.44. The van der Waals surface area contributed by atoms with Gasteiger partial charge in [0.25, 0.3) is 5.91 Å². The number of anilines is 1. The molecule has 3 nitrogen and oxygen atoms in total. The Balaban J connectivity index is 2.28. The summed E-state index contributed by atoms with van der Waals surface area (Å²) >= 11 is 3.43. The minimum absolute atomic E-state index is 0.0184. The second-order valence-corrected chi connectivity index (χ2v) is 6.42.